The predicted molar refractivity (Wildman–Crippen MR) is 198 cm³/mol. The zero-order valence-corrected chi connectivity index (χ0v) is 29.6. The van der Waals surface area contributed by atoms with E-state index in [1.807, 2.05) is 54.6 Å². The first-order valence-corrected chi connectivity index (χ1v) is 18.4. The van der Waals surface area contributed by atoms with Crippen LogP contribution in [0.2, 0.25) is 0 Å². The number of unbranched alkanes of at least 4 members (excludes halogenated alkanes) is 3. The van der Waals surface area contributed by atoms with Gasteiger partial charge in [0.15, 0.2) is 6.29 Å². The summed E-state index contributed by atoms with van der Waals surface area (Å²) >= 11 is 0. The molecule has 2 saturated heterocycles. The van der Waals surface area contributed by atoms with E-state index in [1.165, 1.54) is 0 Å². The van der Waals surface area contributed by atoms with E-state index >= 15 is 0 Å². The summed E-state index contributed by atoms with van der Waals surface area (Å²) < 4.78 is 13.4. The number of carboxylic acid groups (broad SMARTS) is 1. The van der Waals surface area contributed by atoms with Crippen molar-refractivity contribution in [3.63, 3.8) is 0 Å². The fraction of sp³-hybridized carbons (Fsp3) is 0.415. The molecule has 0 spiro atoms. The average molecular weight is 708 g/mol. The molecule has 0 radical (unpaired) electrons. The number of benzene rings is 3. The quantitative estimate of drug-likeness (QED) is 0.118. The Labute approximate surface area is 305 Å². The summed E-state index contributed by atoms with van der Waals surface area (Å²) in [7, 11) is 0. The maximum absolute atomic E-state index is 12.5. The Kier molecular flexibility index (Phi) is 13.3. The lowest BCUT2D eigenvalue weighted by atomic mass is 9.98. The van der Waals surface area contributed by atoms with Gasteiger partial charge in [0.25, 0.3) is 0 Å². The summed E-state index contributed by atoms with van der Waals surface area (Å²) in [5.74, 6) is -0.00778. The third-order valence-corrected chi connectivity index (χ3v) is 9.74. The van der Waals surface area contributed by atoms with Crippen LogP contribution in [0.1, 0.15) is 79.6 Å². The molecule has 0 saturated carbocycles. The molecule has 2 aliphatic rings. The number of hydrogen-bond acceptors (Lipinski definition) is 9. The van der Waals surface area contributed by atoms with Crippen LogP contribution in [0.4, 0.5) is 5.95 Å². The van der Waals surface area contributed by atoms with Crippen molar-refractivity contribution >= 4 is 17.8 Å². The van der Waals surface area contributed by atoms with Gasteiger partial charge in [-0.15, -0.1) is 0 Å². The molecule has 0 bridgehead atoms. The molecule has 0 unspecified atom stereocenters. The molecule has 52 heavy (non-hydrogen) atoms. The summed E-state index contributed by atoms with van der Waals surface area (Å²) in [6.45, 7) is 4.70. The van der Waals surface area contributed by atoms with Gasteiger partial charge < -0.3 is 29.9 Å². The molecule has 2 aliphatic heterocycles. The molecular formula is C41H49N5O6. The minimum absolute atomic E-state index is 0.000527. The number of anilines is 1. The van der Waals surface area contributed by atoms with Gasteiger partial charge in [0.05, 0.1) is 18.8 Å². The highest BCUT2D eigenvalue weighted by Gasteiger charge is 2.34. The number of aliphatic hydroxyl groups is 1. The average Bonchev–Trinajstić information content (AvgIpc) is 3.19. The van der Waals surface area contributed by atoms with Crippen LogP contribution < -0.4 is 10.2 Å². The number of aliphatic carboxylic acids is 1. The molecule has 4 aromatic rings. The largest absolute Gasteiger partial charge is 0.481 e. The molecule has 3 N–H and O–H groups in total. The van der Waals surface area contributed by atoms with Crippen molar-refractivity contribution < 1.29 is 29.3 Å². The van der Waals surface area contributed by atoms with E-state index < -0.39 is 12.3 Å². The van der Waals surface area contributed by atoms with Gasteiger partial charge >= 0.3 is 5.97 Å². The van der Waals surface area contributed by atoms with Crippen molar-refractivity contribution in [3.05, 3.63) is 114 Å². The highest BCUT2D eigenvalue weighted by atomic mass is 16.7. The van der Waals surface area contributed by atoms with Gasteiger partial charge in [0, 0.05) is 76.5 Å². The van der Waals surface area contributed by atoms with Crippen LogP contribution in [-0.2, 0) is 32.2 Å². The molecule has 3 heterocycles. The van der Waals surface area contributed by atoms with E-state index in [9.17, 15) is 14.7 Å². The summed E-state index contributed by atoms with van der Waals surface area (Å²) in [5.41, 5.74) is 5.94. The van der Waals surface area contributed by atoms with Gasteiger partial charge in [-0.25, -0.2) is 9.97 Å². The number of aromatic nitrogens is 2. The smallest absolute Gasteiger partial charge is 0.303 e. The summed E-state index contributed by atoms with van der Waals surface area (Å²) in [5, 5.41) is 21.4. The van der Waals surface area contributed by atoms with Crippen LogP contribution in [0.15, 0.2) is 91.3 Å². The second kappa shape index (κ2) is 18.7. The minimum Gasteiger partial charge on any atom is -0.481 e. The normalized spacial score (nSPS) is 19.3. The first-order chi connectivity index (χ1) is 25.4. The van der Waals surface area contributed by atoms with Crippen LogP contribution >= 0.6 is 0 Å². The topological polar surface area (TPSA) is 137 Å². The lowest BCUT2D eigenvalue weighted by molar-refractivity contribution is -0.253. The fourth-order valence-electron chi connectivity index (χ4n) is 6.84. The predicted octanol–water partition coefficient (Wildman–Crippen LogP) is 6.04. The highest BCUT2D eigenvalue weighted by molar-refractivity contribution is 5.76. The van der Waals surface area contributed by atoms with Gasteiger partial charge in [0.1, 0.15) is 0 Å². The van der Waals surface area contributed by atoms with Gasteiger partial charge in [-0.2, -0.15) is 0 Å². The fourth-order valence-corrected chi connectivity index (χ4v) is 6.84. The molecule has 1 aromatic heterocycles. The number of rotatable bonds is 16. The molecule has 3 atom stereocenters. The number of nitrogens with zero attached hydrogens (tertiary/aromatic N) is 4. The number of carboxylic acids is 1. The number of aliphatic hydroxyl groups excluding tert-OH is 1. The zero-order chi connectivity index (χ0) is 36.1. The van der Waals surface area contributed by atoms with Crippen molar-refractivity contribution in [2.45, 2.75) is 76.6 Å². The first kappa shape index (κ1) is 37.1. The second-order valence-electron chi connectivity index (χ2n) is 13.6. The van der Waals surface area contributed by atoms with Crippen LogP contribution in [0, 0.1) is 0 Å². The maximum Gasteiger partial charge on any atom is 0.303 e. The van der Waals surface area contributed by atoms with E-state index in [2.05, 4.69) is 49.4 Å². The Morgan fingerprint density at radius 3 is 2.21 bits per heavy atom. The second-order valence-corrected chi connectivity index (χ2v) is 13.6. The maximum atomic E-state index is 12.5. The Morgan fingerprint density at radius 2 is 1.48 bits per heavy atom. The van der Waals surface area contributed by atoms with Gasteiger partial charge in [0.2, 0.25) is 11.9 Å². The number of piperazine rings is 1. The third kappa shape index (κ3) is 10.7. The van der Waals surface area contributed by atoms with Crippen LogP contribution in [-0.4, -0.2) is 75.8 Å². The number of carbonyl (C=O) groups is 2. The van der Waals surface area contributed by atoms with Crippen molar-refractivity contribution in [2.75, 3.05) is 37.6 Å². The van der Waals surface area contributed by atoms with Gasteiger partial charge in [-0.3, -0.25) is 14.5 Å². The van der Waals surface area contributed by atoms with Gasteiger partial charge in [-0.1, -0.05) is 73.5 Å². The molecule has 274 valence electrons. The molecule has 3 aromatic carbocycles. The van der Waals surface area contributed by atoms with Crippen molar-refractivity contribution in [3.8, 4) is 11.1 Å². The third-order valence-electron chi connectivity index (χ3n) is 9.74. The molecular weight excluding hydrogens is 658 g/mol. The molecule has 11 nitrogen and oxygen atoms in total. The van der Waals surface area contributed by atoms with Crippen LogP contribution in [0.5, 0.6) is 0 Å². The van der Waals surface area contributed by atoms with Crippen molar-refractivity contribution in [1.82, 2.24) is 20.2 Å². The Bertz CT molecular complexity index is 1730. The van der Waals surface area contributed by atoms with Crippen LogP contribution in [0.25, 0.3) is 11.1 Å². The number of carbonyl (C=O) groups excluding carboxylic acids is 1. The first-order valence-electron chi connectivity index (χ1n) is 18.4. The molecule has 6 rings (SSSR count). The molecule has 0 aliphatic carbocycles. The summed E-state index contributed by atoms with van der Waals surface area (Å²) in [6.07, 6.45) is 7.17. The van der Waals surface area contributed by atoms with E-state index in [1.54, 1.807) is 12.4 Å². The Morgan fingerprint density at radius 1 is 0.769 bits per heavy atom. The van der Waals surface area contributed by atoms with Crippen molar-refractivity contribution in [2.24, 2.45) is 0 Å². The van der Waals surface area contributed by atoms with Crippen molar-refractivity contribution in [1.29, 1.82) is 0 Å². The number of amides is 1. The Hall–Kier alpha value is -4.68. The van der Waals surface area contributed by atoms with Gasteiger partial charge in [-0.05, 0) is 58.9 Å². The van der Waals surface area contributed by atoms with E-state index in [-0.39, 0.29) is 31.1 Å². The summed E-state index contributed by atoms with van der Waals surface area (Å²) in [6, 6.07) is 26.3. The van der Waals surface area contributed by atoms with E-state index in [0.29, 0.717) is 19.4 Å². The molecule has 11 heteroatoms. The zero-order valence-electron chi connectivity index (χ0n) is 29.6. The number of hydrogen-bond donors (Lipinski definition) is 3. The number of ether oxygens (including phenoxy) is 2. The monoisotopic (exact) mass is 707 g/mol. The Balaban J connectivity index is 1.09. The SMILES string of the molecule is O=C(O)CCCCCCC(=O)NCc1cccc(-c2cccc([C@H]3O[C@@H](CN4CCN(c5ncccn5)CC4)C[C@@H](c4ccc(CO)cc4)O3)c2)c1. The highest BCUT2D eigenvalue weighted by Crippen LogP contribution is 2.39. The molecule has 2 fully saturated rings. The number of nitrogens with one attached hydrogen (secondary N) is 1. The summed E-state index contributed by atoms with van der Waals surface area (Å²) in [4.78, 5) is 36.6. The lowest BCUT2D eigenvalue weighted by Gasteiger charge is -2.40. The van der Waals surface area contributed by atoms with E-state index in [4.69, 9.17) is 14.6 Å². The minimum atomic E-state index is -0.775. The van der Waals surface area contributed by atoms with Crippen LogP contribution in [0.3, 0.4) is 0 Å². The molecule has 1 amide bonds. The lowest BCUT2D eigenvalue weighted by Crippen LogP contribution is -2.50. The van der Waals surface area contributed by atoms with E-state index in [0.717, 1.165) is 97.7 Å². The standard InChI is InChI=1S/C41H49N5O6/c47-29-30-14-16-32(17-15-30)37-26-36(28-45-20-22-46(23-21-45)41-42-18-7-19-43-41)51-40(52-37)35-11-6-10-34(25-35)33-9-5-8-31(24-33)27-44-38(48)12-3-1-2-4-13-39(49)50/h5-11,14-19,24-25,36-37,40,47H,1-4,12-13,20-23,26-29H2,(H,44,48)(H,49,50)/t36-,37+,40+/m1/s1.